The maximum absolute atomic E-state index is 9.98. The van der Waals surface area contributed by atoms with E-state index in [9.17, 15) is 14.7 Å². The first-order valence-electron chi connectivity index (χ1n) is 1.93. The van der Waals surface area contributed by atoms with E-state index < -0.39 is 18.4 Å². The van der Waals surface area contributed by atoms with Gasteiger partial charge in [0.15, 0.2) is 0 Å². The van der Waals surface area contributed by atoms with Crippen LogP contribution in [0.1, 0.15) is 6.42 Å². The molecule has 0 amide bonds. The first kappa shape index (κ1) is 11.5. The Labute approximate surface area is 68.3 Å². The Hall–Kier alpha value is -0.294. The number of ether oxygens (including phenoxy) is 1. The van der Waals surface area contributed by atoms with Crippen molar-refractivity contribution in [3.05, 3.63) is 0 Å². The summed E-state index contributed by atoms with van der Waals surface area (Å²) in [5.41, 5.74) is 0. The maximum atomic E-state index is 9.98. The van der Waals surface area contributed by atoms with Crippen LogP contribution in [0.5, 0.6) is 0 Å². The molecule has 0 N–H and O–H groups in total. The fourth-order valence-electron chi connectivity index (χ4n) is 0.190. The van der Waals surface area contributed by atoms with Crippen LogP contribution in [0.25, 0.3) is 0 Å². The number of carbonyl (C=O) groups is 2. The summed E-state index contributed by atoms with van der Waals surface area (Å²) in [6.45, 7) is 0. The van der Waals surface area contributed by atoms with Crippen molar-refractivity contribution in [2.45, 2.75) is 6.42 Å². The SMILES string of the molecule is COC(=O)CC(=O)[O-].[Mg+2]. The van der Waals surface area contributed by atoms with E-state index in [1.165, 1.54) is 0 Å². The third kappa shape index (κ3) is 7.71. The molecule has 0 aromatic heterocycles. The Morgan fingerprint density at radius 1 is 1.56 bits per heavy atom. The van der Waals surface area contributed by atoms with Gasteiger partial charge in [0.05, 0.1) is 19.5 Å². The van der Waals surface area contributed by atoms with Crippen LogP contribution in [0.4, 0.5) is 0 Å². The summed E-state index contributed by atoms with van der Waals surface area (Å²) in [6, 6.07) is 0. The average Bonchev–Trinajstić information content (AvgIpc) is 1.65. The predicted molar refractivity (Wildman–Crippen MR) is 27.4 cm³/mol. The van der Waals surface area contributed by atoms with Crippen LogP contribution in [0.2, 0.25) is 0 Å². The summed E-state index contributed by atoms with van der Waals surface area (Å²) in [5, 5.41) is 9.56. The minimum atomic E-state index is -1.42. The predicted octanol–water partition coefficient (Wildman–Crippen LogP) is -2.08. The Morgan fingerprint density at radius 3 is 2.11 bits per heavy atom. The van der Waals surface area contributed by atoms with E-state index in [1.807, 2.05) is 0 Å². The molecule has 0 radical (unpaired) electrons. The second-order valence-corrected chi connectivity index (χ2v) is 1.12. The molecule has 0 saturated heterocycles. The minimum Gasteiger partial charge on any atom is -0.550 e. The van der Waals surface area contributed by atoms with E-state index in [1.54, 1.807) is 0 Å². The van der Waals surface area contributed by atoms with Crippen LogP contribution in [-0.4, -0.2) is 42.1 Å². The number of aliphatic carboxylic acids is 1. The van der Waals surface area contributed by atoms with Crippen molar-refractivity contribution >= 4 is 35.0 Å². The molecule has 0 atom stereocenters. The molecule has 5 heteroatoms. The smallest absolute Gasteiger partial charge is 0.550 e. The summed E-state index contributed by atoms with van der Waals surface area (Å²) in [4.78, 5) is 19.5. The Kier molecular flexibility index (Phi) is 7.45. The van der Waals surface area contributed by atoms with Crippen molar-refractivity contribution in [3.8, 4) is 0 Å². The fourth-order valence-corrected chi connectivity index (χ4v) is 0.190. The van der Waals surface area contributed by atoms with Crippen molar-refractivity contribution in [1.82, 2.24) is 0 Å². The van der Waals surface area contributed by atoms with Gasteiger partial charge in [-0.1, -0.05) is 0 Å². The van der Waals surface area contributed by atoms with Crippen molar-refractivity contribution in [2.24, 2.45) is 0 Å². The molecule has 0 rings (SSSR count). The fraction of sp³-hybridized carbons (Fsp3) is 0.500. The van der Waals surface area contributed by atoms with Crippen molar-refractivity contribution < 1.29 is 19.4 Å². The molecule has 0 unspecified atom stereocenters. The number of carboxylic acids is 1. The molecule has 0 saturated carbocycles. The van der Waals surface area contributed by atoms with Gasteiger partial charge in [-0.2, -0.15) is 0 Å². The summed E-state index contributed by atoms with van der Waals surface area (Å²) in [5.74, 6) is -2.21. The molecule has 4 nitrogen and oxygen atoms in total. The van der Waals surface area contributed by atoms with Gasteiger partial charge in [-0.15, -0.1) is 0 Å². The van der Waals surface area contributed by atoms with E-state index >= 15 is 0 Å². The van der Waals surface area contributed by atoms with Crippen LogP contribution in [0.3, 0.4) is 0 Å². The van der Waals surface area contributed by atoms with Gasteiger partial charge in [-0.25, -0.2) is 0 Å². The Bertz CT molecular complexity index is 111. The summed E-state index contributed by atoms with van der Waals surface area (Å²) >= 11 is 0. The maximum Gasteiger partial charge on any atom is 2.00 e. The number of carbonyl (C=O) groups excluding carboxylic acids is 2. The number of hydrogen-bond donors (Lipinski definition) is 0. The van der Waals surface area contributed by atoms with Crippen molar-refractivity contribution in [2.75, 3.05) is 7.11 Å². The van der Waals surface area contributed by atoms with E-state index in [-0.39, 0.29) is 23.1 Å². The van der Waals surface area contributed by atoms with Gasteiger partial charge in [-0.05, 0) is 0 Å². The average molecular weight is 141 g/mol. The van der Waals surface area contributed by atoms with Gasteiger partial charge in [0.1, 0.15) is 0 Å². The third-order valence-corrected chi connectivity index (χ3v) is 0.516. The van der Waals surface area contributed by atoms with Gasteiger partial charge in [0.2, 0.25) is 0 Å². The normalized spacial score (nSPS) is 7.22. The first-order chi connectivity index (χ1) is 3.66. The van der Waals surface area contributed by atoms with Crippen molar-refractivity contribution in [1.29, 1.82) is 0 Å². The number of carboxylic acid groups (broad SMARTS) is 1. The molecule has 0 aliphatic heterocycles. The van der Waals surface area contributed by atoms with E-state index in [0.717, 1.165) is 7.11 Å². The summed E-state index contributed by atoms with van der Waals surface area (Å²) < 4.78 is 4.00. The van der Waals surface area contributed by atoms with Crippen LogP contribution in [-0.2, 0) is 14.3 Å². The van der Waals surface area contributed by atoms with Crippen LogP contribution < -0.4 is 5.11 Å². The molecule has 0 fully saturated rings. The molecule has 0 spiro atoms. The van der Waals surface area contributed by atoms with Crippen LogP contribution in [0.15, 0.2) is 0 Å². The molecule has 9 heavy (non-hydrogen) atoms. The van der Waals surface area contributed by atoms with Gasteiger partial charge in [0.25, 0.3) is 0 Å². The van der Waals surface area contributed by atoms with Crippen LogP contribution in [0, 0.1) is 0 Å². The van der Waals surface area contributed by atoms with E-state index in [0.29, 0.717) is 0 Å². The molecule has 0 bridgehead atoms. The second kappa shape index (κ2) is 5.84. The zero-order valence-electron chi connectivity index (χ0n) is 5.05. The molecular weight excluding hydrogens is 136 g/mol. The Balaban J connectivity index is 0. The molecular formula is C4H5MgO4+. The number of methoxy groups -OCH3 is 1. The van der Waals surface area contributed by atoms with Gasteiger partial charge >= 0.3 is 29.0 Å². The summed E-state index contributed by atoms with van der Waals surface area (Å²) in [7, 11) is 1.12. The zero-order chi connectivity index (χ0) is 6.57. The third-order valence-electron chi connectivity index (χ3n) is 0.516. The van der Waals surface area contributed by atoms with Gasteiger partial charge in [0, 0.05) is 0 Å². The molecule has 0 aliphatic rings. The zero-order valence-corrected chi connectivity index (χ0v) is 6.46. The topological polar surface area (TPSA) is 66.4 Å². The molecule has 0 aliphatic carbocycles. The first-order valence-corrected chi connectivity index (χ1v) is 1.93. The van der Waals surface area contributed by atoms with E-state index in [2.05, 4.69) is 4.74 Å². The van der Waals surface area contributed by atoms with Gasteiger partial charge < -0.3 is 14.6 Å². The standard InChI is InChI=1S/C4H6O4.Mg/c1-8-4(7)2-3(5)6;/h2H2,1H3,(H,5,6);/q;+2/p-1. The molecule has 0 aromatic rings. The number of esters is 1. The molecule has 0 heterocycles. The number of rotatable bonds is 2. The molecule has 46 valence electrons. The van der Waals surface area contributed by atoms with E-state index in [4.69, 9.17) is 0 Å². The summed E-state index contributed by atoms with van der Waals surface area (Å²) in [6.07, 6.45) is -0.670. The molecule has 0 aromatic carbocycles. The minimum absolute atomic E-state index is 0. The second-order valence-electron chi connectivity index (χ2n) is 1.12. The monoisotopic (exact) mass is 141 g/mol. The van der Waals surface area contributed by atoms with Crippen molar-refractivity contribution in [3.63, 3.8) is 0 Å². The largest absolute Gasteiger partial charge is 2.00 e. The van der Waals surface area contributed by atoms with Gasteiger partial charge in [-0.3, -0.25) is 4.79 Å². The van der Waals surface area contributed by atoms with Crippen LogP contribution >= 0.6 is 0 Å². The quantitative estimate of drug-likeness (QED) is 0.251. The number of hydrogen-bond acceptors (Lipinski definition) is 4. The Morgan fingerprint density at radius 2 is 2.00 bits per heavy atom.